The Morgan fingerprint density at radius 2 is 0.470 bits per heavy atom. The van der Waals surface area contributed by atoms with Crippen molar-refractivity contribution in [1.82, 2.24) is 0 Å². The number of esters is 3. The van der Waals surface area contributed by atoms with Crippen LogP contribution >= 0.6 is 0 Å². The number of hydrogen-bond donors (Lipinski definition) is 0. The number of allylic oxidation sites excluding steroid dienone is 16. The van der Waals surface area contributed by atoms with Gasteiger partial charge in [-0.15, -0.1) is 0 Å². The molecule has 0 saturated heterocycles. The molecule has 6 heteroatoms. The Kier molecular flexibility index (Phi) is 67.7. The molecular weight excluding hydrogens is 1020 g/mol. The average Bonchev–Trinajstić information content (AvgIpc) is 3.49. The molecule has 0 radical (unpaired) electrons. The Labute approximate surface area is 515 Å². The second-order valence-corrected chi connectivity index (χ2v) is 23.8. The van der Waals surface area contributed by atoms with Gasteiger partial charge in [-0.3, -0.25) is 14.4 Å². The van der Waals surface area contributed by atoms with Crippen LogP contribution < -0.4 is 0 Å². The molecule has 0 bridgehead atoms. The van der Waals surface area contributed by atoms with Gasteiger partial charge < -0.3 is 14.2 Å². The number of rotatable bonds is 65. The fraction of sp³-hybridized carbons (Fsp3) is 0.753. The van der Waals surface area contributed by atoms with Crippen LogP contribution in [0.2, 0.25) is 0 Å². The molecule has 0 aromatic rings. The third kappa shape index (κ3) is 69.0. The van der Waals surface area contributed by atoms with Crippen molar-refractivity contribution >= 4 is 17.9 Å². The smallest absolute Gasteiger partial charge is 0.306 e. The summed E-state index contributed by atoms with van der Waals surface area (Å²) in [4.78, 5) is 38.4. The van der Waals surface area contributed by atoms with Gasteiger partial charge in [-0.2, -0.15) is 0 Å². The Balaban J connectivity index is 4.22. The second-order valence-electron chi connectivity index (χ2n) is 23.8. The summed E-state index contributed by atoms with van der Waals surface area (Å²) in [5.74, 6) is -0.876. The summed E-state index contributed by atoms with van der Waals surface area (Å²) in [6, 6.07) is 0. The topological polar surface area (TPSA) is 78.9 Å². The first-order chi connectivity index (χ1) is 41.0. The Morgan fingerprint density at radius 1 is 0.253 bits per heavy atom. The van der Waals surface area contributed by atoms with E-state index >= 15 is 0 Å². The minimum absolute atomic E-state index is 0.0788. The molecule has 0 aromatic carbocycles. The van der Waals surface area contributed by atoms with Gasteiger partial charge in [0, 0.05) is 19.3 Å². The minimum Gasteiger partial charge on any atom is -0.462 e. The van der Waals surface area contributed by atoms with Crippen molar-refractivity contribution in [3.05, 3.63) is 97.2 Å². The maximum atomic E-state index is 12.9. The van der Waals surface area contributed by atoms with Gasteiger partial charge in [0.25, 0.3) is 0 Å². The van der Waals surface area contributed by atoms with E-state index in [1.54, 1.807) is 0 Å². The molecule has 0 fully saturated rings. The molecule has 0 amide bonds. The zero-order valence-electron chi connectivity index (χ0n) is 54.9. The molecule has 0 spiro atoms. The summed E-state index contributed by atoms with van der Waals surface area (Å²) in [5.41, 5.74) is 0. The van der Waals surface area contributed by atoms with Crippen LogP contribution in [-0.2, 0) is 28.6 Å². The molecule has 0 heterocycles. The standard InChI is InChI=1S/C77H134O6/c1-4-7-10-13-16-19-22-25-28-30-32-33-34-35-36-37-38-39-40-41-42-43-44-45-46-48-49-52-55-58-61-64-67-70-76(79)82-73-74(72-81-75(78)69-66-63-60-57-54-51-27-24-21-18-15-12-9-6-3)83-77(80)71-68-65-62-59-56-53-50-47-31-29-26-23-20-17-14-11-8-5-2/h7,10,16,19,24-25,27-29,31-33,35-36,38-39,74H,4-6,8-9,11-15,17-18,20-23,26,30,34,37,40-73H2,1-3H3/b10-7-,19-16-,27-24-,28-25-,31-29-,33-32-,36-35-,39-38-. The molecule has 478 valence electrons. The third-order valence-electron chi connectivity index (χ3n) is 15.5. The molecule has 1 atom stereocenters. The van der Waals surface area contributed by atoms with E-state index in [1.165, 1.54) is 212 Å². The van der Waals surface area contributed by atoms with Gasteiger partial charge in [0.2, 0.25) is 0 Å². The number of carbonyl (C=O) groups excluding carboxylic acids is 3. The van der Waals surface area contributed by atoms with Crippen molar-refractivity contribution in [2.45, 2.75) is 361 Å². The first-order valence-corrected chi connectivity index (χ1v) is 35.7. The maximum Gasteiger partial charge on any atom is 0.306 e. The van der Waals surface area contributed by atoms with Gasteiger partial charge in [0.1, 0.15) is 13.2 Å². The average molecular weight is 1160 g/mol. The van der Waals surface area contributed by atoms with Crippen LogP contribution in [0.5, 0.6) is 0 Å². The van der Waals surface area contributed by atoms with Crippen molar-refractivity contribution < 1.29 is 28.6 Å². The SMILES string of the molecule is CC/C=C\C/C=C\C/C=C\C/C=C\C/C=C\C/C=C\CCCCCCCCCCCCCCCCC(=O)OCC(COC(=O)CCCCCCC/C=C\CCCCCCC)OC(=O)CCCCCCCCC/C=C\CCCCCCCCC. The third-order valence-corrected chi connectivity index (χ3v) is 15.5. The van der Waals surface area contributed by atoms with E-state index in [1.807, 2.05) is 0 Å². The summed E-state index contributed by atoms with van der Waals surface area (Å²) in [6.07, 6.45) is 95.8. The second kappa shape index (κ2) is 70.8. The van der Waals surface area contributed by atoms with Crippen molar-refractivity contribution in [3.8, 4) is 0 Å². The van der Waals surface area contributed by atoms with Crippen molar-refractivity contribution in [2.75, 3.05) is 13.2 Å². The molecule has 6 nitrogen and oxygen atoms in total. The van der Waals surface area contributed by atoms with Gasteiger partial charge in [-0.25, -0.2) is 0 Å². The predicted molar refractivity (Wildman–Crippen MR) is 362 cm³/mol. The van der Waals surface area contributed by atoms with Crippen LogP contribution in [-0.4, -0.2) is 37.2 Å². The van der Waals surface area contributed by atoms with Crippen molar-refractivity contribution in [3.63, 3.8) is 0 Å². The molecule has 0 saturated carbocycles. The van der Waals surface area contributed by atoms with Gasteiger partial charge in [0.15, 0.2) is 6.10 Å². The first-order valence-electron chi connectivity index (χ1n) is 35.7. The molecule has 0 aromatic heterocycles. The molecular formula is C77H134O6. The largest absolute Gasteiger partial charge is 0.462 e. The lowest BCUT2D eigenvalue weighted by Gasteiger charge is -2.18. The van der Waals surface area contributed by atoms with E-state index < -0.39 is 6.10 Å². The van der Waals surface area contributed by atoms with Gasteiger partial charge >= 0.3 is 17.9 Å². The molecule has 0 aliphatic heterocycles. The molecule has 83 heavy (non-hydrogen) atoms. The minimum atomic E-state index is -0.783. The highest BCUT2D eigenvalue weighted by Crippen LogP contribution is 2.17. The highest BCUT2D eigenvalue weighted by molar-refractivity contribution is 5.71. The van der Waals surface area contributed by atoms with E-state index in [4.69, 9.17) is 14.2 Å². The van der Waals surface area contributed by atoms with Crippen molar-refractivity contribution in [1.29, 1.82) is 0 Å². The van der Waals surface area contributed by atoms with E-state index in [-0.39, 0.29) is 31.1 Å². The lowest BCUT2D eigenvalue weighted by atomic mass is 10.0. The van der Waals surface area contributed by atoms with Crippen LogP contribution in [0, 0.1) is 0 Å². The van der Waals surface area contributed by atoms with Gasteiger partial charge in [0.05, 0.1) is 0 Å². The fourth-order valence-corrected chi connectivity index (χ4v) is 10.2. The number of carbonyl (C=O) groups is 3. The van der Waals surface area contributed by atoms with Gasteiger partial charge in [-0.1, -0.05) is 311 Å². The lowest BCUT2D eigenvalue weighted by Crippen LogP contribution is -2.30. The van der Waals surface area contributed by atoms with Gasteiger partial charge in [-0.05, 0) is 122 Å². The molecule has 0 aliphatic rings. The predicted octanol–water partition coefficient (Wildman–Crippen LogP) is 24.8. The highest BCUT2D eigenvalue weighted by Gasteiger charge is 2.19. The summed E-state index contributed by atoms with van der Waals surface area (Å²) in [7, 11) is 0. The monoisotopic (exact) mass is 1160 g/mol. The lowest BCUT2D eigenvalue weighted by molar-refractivity contribution is -0.167. The summed E-state index contributed by atoms with van der Waals surface area (Å²) in [5, 5.41) is 0. The molecule has 0 N–H and O–H groups in total. The molecule has 0 rings (SSSR count). The number of hydrogen-bond acceptors (Lipinski definition) is 6. The van der Waals surface area contributed by atoms with Crippen LogP contribution in [0.1, 0.15) is 355 Å². The molecule has 0 aliphatic carbocycles. The number of unbranched alkanes of at least 4 members (excludes halogenated alkanes) is 38. The maximum absolute atomic E-state index is 12.9. The summed E-state index contributed by atoms with van der Waals surface area (Å²) >= 11 is 0. The summed E-state index contributed by atoms with van der Waals surface area (Å²) < 4.78 is 17.0. The van der Waals surface area contributed by atoms with Crippen molar-refractivity contribution in [2.24, 2.45) is 0 Å². The molecule has 1 unspecified atom stereocenters. The Morgan fingerprint density at radius 3 is 0.747 bits per heavy atom. The number of ether oxygens (including phenoxy) is 3. The zero-order valence-corrected chi connectivity index (χ0v) is 54.9. The highest BCUT2D eigenvalue weighted by atomic mass is 16.6. The van der Waals surface area contributed by atoms with E-state index in [0.29, 0.717) is 19.3 Å². The van der Waals surface area contributed by atoms with E-state index in [2.05, 4.69) is 118 Å². The van der Waals surface area contributed by atoms with Crippen LogP contribution in [0.4, 0.5) is 0 Å². The van der Waals surface area contributed by atoms with E-state index in [0.717, 1.165) is 103 Å². The van der Waals surface area contributed by atoms with Crippen LogP contribution in [0.15, 0.2) is 97.2 Å². The van der Waals surface area contributed by atoms with Crippen LogP contribution in [0.3, 0.4) is 0 Å². The summed E-state index contributed by atoms with van der Waals surface area (Å²) in [6.45, 7) is 6.54. The quantitative estimate of drug-likeness (QED) is 0.0261. The van der Waals surface area contributed by atoms with E-state index in [9.17, 15) is 14.4 Å². The normalized spacial score (nSPS) is 12.7. The Hall–Kier alpha value is -3.67. The van der Waals surface area contributed by atoms with Crippen LogP contribution in [0.25, 0.3) is 0 Å². The first kappa shape index (κ1) is 79.3. The fourth-order valence-electron chi connectivity index (χ4n) is 10.2. The Bertz CT molecular complexity index is 1610. The zero-order chi connectivity index (χ0) is 59.9.